The summed E-state index contributed by atoms with van der Waals surface area (Å²) >= 11 is 1.75. The van der Waals surface area contributed by atoms with Crippen LogP contribution >= 0.6 is 11.8 Å². The normalized spacial score (nSPS) is 16.8. The topological polar surface area (TPSA) is 42.7 Å². The minimum atomic E-state index is 0.743. The average Bonchev–Trinajstić information content (AvgIpc) is 2.94. The highest BCUT2D eigenvalue weighted by molar-refractivity contribution is 7.99. The second-order valence-electron chi connectivity index (χ2n) is 4.58. The summed E-state index contributed by atoms with van der Waals surface area (Å²) < 4.78 is 2.12. The summed E-state index contributed by atoms with van der Waals surface area (Å²) in [6.45, 7) is 3.16. The molecule has 0 atom stereocenters. The fraction of sp³-hybridized carbons (Fsp3) is 0.833. The monoisotopic (exact) mass is 254 g/mol. The van der Waals surface area contributed by atoms with Crippen molar-refractivity contribution >= 4 is 11.8 Å². The van der Waals surface area contributed by atoms with Gasteiger partial charge in [0.2, 0.25) is 0 Å². The molecule has 0 amide bonds. The number of nitrogens with zero attached hydrogens (tertiary/aromatic N) is 3. The smallest absolute Gasteiger partial charge is 0.190 e. The third kappa shape index (κ3) is 3.45. The van der Waals surface area contributed by atoms with Gasteiger partial charge in [0.15, 0.2) is 5.16 Å². The predicted molar refractivity (Wildman–Crippen MR) is 71.4 cm³/mol. The zero-order valence-corrected chi connectivity index (χ0v) is 11.6. The van der Waals surface area contributed by atoms with Crippen LogP contribution in [0.3, 0.4) is 0 Å². The minimum Gasteiger partial charge on any atom is -0.314 e. The highest BCUT2D eigenvalue weighted by atomic mass is 32.2. The van der Waals surface area contributed by atoms with Crippen molar-refractivity contribution in [2.24, 2.45) is 7.05 Å². The first-order valence-corrected chi connectivity index (χ1v) is 7.54. The van der Waals surface area contributed by atoms with Crippen LogP contribution in [-0.4, -0.2) is 33.1 Å². The van der Waals surface area contributed by atoms with Crippen LogP contribution in [0, 0.1) is 0 Å². The molecule has 0 bridgehead atoms. The van der Waals surface area contributed by atoms with E-state index in [-0.39, 0.29) is 0 Å². The molecule has 1 saturated carbocycles. The molecule has 96 valence electrons. The molecule has 0 aromatic carbocycles. The summed E-state index contributed by atoms with van der Waals surface area (Å²) in [5, 5.41) is 13.1. The van der Waals surface area contributed by atoms with E-state index in [4.69, 9.17) is 0 Å². The minimum absolute atomic E-state index is 0.743. The lowest BCUT2D eigenvalue weighted by Gasteiger charge is -2.11. The maximum Gasteiger partial charge on any atom is 0.190 e. The van der Waals surface area contributed by atoms with Crippen LogP contribution in [-0.2, 0) is 13.5 Å². The van der Waals surface area contributed by atoms with E-state index >= 15 is 0 Å². The molecule has 0 radical (unpaired) electrons. The van der Waals surface area contributed by atoms with Crippen LogP contribution in [0.15, 0.2) is 5.16 Å². The number of nitrogens with one attached hydrogen (secondary N) is 1. The van der Waals surface area contributed by atoms with Crippen molar-refractivity contribution < 1.29 is 0 Å². The third-order valence-corrected chi connectivity index (χ3v) is 4.24. The molecule has 1 heterocycles. The van der Waals surface area contributed by atoms with Gasteiger partial charge in [0.1, 0.15) is 5.82 Å². The van der Waals surface area contributed by atoms with Crippen molar-refractivity contribution in [1.29, 1.82) is 0 Å². The molecule has 0 saturated heterocycles. The maximum absolute atomic E-state index is 4.25. The molecule has 1 N–H and O–H groups in total. The first kappa shape index (κ1) is 12.9. The van der Waals surface area contributed by atoms with E-state index in [9.17, 15) is 0 Å². The lowest BCUT2D eigenvalue weighted by Crippen LogP contribution is -2.28. The molecule has 4 nitrogen and oxygen atoms in total. The first-order chi connectivity index (χ1) is 8.31. The van der Waals surface area contributed by atoms with Gasteiger partial charge in [-0.25, -0.2) is 0 Å². The summed E-state index contributed by atoms with van der Waals surface area (Å²) in [6, 6.07) is 0.743. The highest BCUT2D eigenvalue weighted by Gasteiger charge is 2.14. The van der Waals surface area contributed by atoms with Crippen LogP contribution in [0.25, 0.3) is 0 Å². The van der Waals surface area contributed by atoms with Gasteiger partial charge in [-0.15, -0.1) is 10.2 Å². The molecule has 1 aromatic heterocycles. The van der Waals surface area contributed by atoms with Crippen molar-refractivity contribution in [3.05, 3.63) is 5.82 Å². The Morgan fingerprint density at radius 1 is 1.35 bits per heavy atom. The van der Waals surface area contributed by atoms with Gasteiger partial charge in [0.25, 0.3) is 0 Å². The first-order valence-electron chi connectivity index (χ1n) is 6.55. The van der Waals surface area contributed by atoms with Crippen LogP contribution in [0.1, 0.15) is 38.4 Å². The van der Waals surface area contributed by atoms with Crippen molar-refractivity contribution in [2.75, 3.05) is 12.3 Å². The van der Waals surface area contributed by atoms with Crippen molar-refractivity contribution in [3.63, 3.8) is 0 Å². The SMILES string of the molecule is CCSc1nnc(CCNC2CCCC2)n1C. The third-order valence-electron chi connectivity index (χ3n) is 3.34. The molecule has 17 heavy (non-hydrogen) atoms. The van der Waals surface area contributed by atoms with E-state index in [0.717, 1.165) is 35.7 Å². The number of aromatic nitrogens is 3. The van der Waals surface area contributed by atoms with E-state index in [1.54, 1.807) is 11.8 Å². The van der Waals surface area contributed by atoms with Crippen molar-refractivity contribution in [2.45, 2.75) is 50.2 Å². The fourth-order valence-electron chi connectivity index (χ4n) is 2.34. The lowest BCUT2D eigenvalue weighted by molar-refractivity contribution is 0.519. The summed E-state index contributed by atoms with van der Waals surface area (Å²) in [4.78, 5) is 0. The van der Waals surface area contributed by atoms with Gasteiger partial charge in [-0.3, -0.25) is 0 Å². The quantitative estimate of drug-likeness (QED) is 0.789. The molecule has 5 heteroatoms. The highest BCUT2D eigenvalue weighted by Crippen LogP contribution is 2.18. The molecule has 1 fully saturated rings. The number of hydrogen-bond donors (Lipinski definition) is 1. The summed E-state index contributed by atoms with van der Waals surface area (Å²) in [5.74, 6) is 2.14. The number of thioether (sulfide) groups is 1. The molecular formula is C12H22N4S. The Morgan fingerprint density at radius 3 is 2.82 bits per heavy atom. The lowest BCUT2D eigenvalue weighted by atomic mass is 10.2. The Bertz CT molecular complexity index is 344. The molecule has 0 unspecified atom stereocenters. The molecule has 0 spiro atoms. The second-order valence-corrected chi connectivity index (χ2v) is 5.81. The Kier molecular flexibility index (Phi) is 4.86. The average molecular weight is 254 g/mol. The van der Waals surface area contributed by atoms with E-state index in [1.807, 2.05) is 0 Å². The van der Waals surface area contributed by atoms with E-state index in [0.29, 0.717) is 0 Å². The zero-order valence-electron chi connectivity index (χ0n) is 10.8. The van der Waals surface area contributed by atoms with Crippen LogP contribution in [0.2, 0.25) is 0 Å². The van der Waals surface area contributed by atoms with Gasteiger partial charge in [0.05, 0.1) is 0 Å². The number of rotatable bonds is 6. The summed E-state index contributed by atoms with van der Waals surface area (Å²) in [6.07, 6.45) is 6.44. The van der Waals surface area contributed by atoms with Crippen molar-refractivity contribution in [3.8, 4) is 0 Å². The number of hydrogen-bond acceptors (Lipinski definition) is 4. The van der Waals surface area contributed by atoms with E-state index < -0.39 is 0 Å². The molecule has 0 aliphatic heterocycles. The Balaban J connectivity index is 1.78. The fourth-order valence-corrected chi connectivity index (χ4v) is 2.99. The Hall–Kier alpha value is -0.550. The van der Waals surface area contributed by atoms with E-state index in [2.05, 4.69) is 34.1 Å². The maximum atomic E-state index is 4.25. The van der Waals surface area contributed by atoms with Gasteiger partial charge in [-0.05, 0) is 18.6 Å². The van der Waals surface area contributed by atoms with Gasteiger partial charge < -0.3 is 9.88 Å². The molecule has 2 rings (SSSR count). The van der Waals surface area contributed by atoms with Crippen LogP contribution < -0.4 is 5.32 Å². The molecule has 1 aliphatic rings. The van der Waals surface area contributed by atoms with Gasteiger partial charge in [-0.1, -0.05) is 31.5 Å². The van der Waals surface area contributed by atoms with E-state index in [1.165, 1.54) is 25.7 Å². The summed E-state index contributed by atoms with van der Waals surface area (Å²) in [7, 11) is 2.06. The molecule has 1 aromatic rings. The molecule has 1 aliphatic carbocycles. The zero-order chi connectivity index (χ0) is 12.1. The largest absolute Gasteiger partial charge is 0.314 e. The summed E-state index contributed by atoms with van der Waals surface area (Å²) in [5.41, 5.74) is 0. The predicted octanol–water partition coefficient (Wildman–Crippen LogP) is 2.00. The standard InChI is InChI=1S/C12H22N4S/c1-3-17-12-15-14-11(16(12)2)8-9-13-10-6-4-5-7-10/h10,13H,3-9H2,1-2H3. The van der Waals surface area contributed by atoms with Gasteiger partial charge >= 0.3 is 0 Å². The molecular weight excluding hydrogens is 232 g/mol. The van der Waals surface area contributed by atoms with Gasteiger partial charge in [-0.2, -0.15) is 0 Å². The van der Waals surface area contributed by atoms with Crippen LogP contribution in [0.5, 0.6) is 0 Å². The Morgan fingerprint density at radius 2 is 2.12 bits per heavy atom. The van der Waals surface area contributed by atoms with Crippen molar-refractivity contribution in [1.82, 2.24) is 20.1 Å². The Labute approximate surface area is 108 Å². The second kappa shape index (κ2) is 6.40. The van der Waals surface area contributed by atoms with Crippen LogP contribution in [0.4, 0.5) is 0 Å². The van der Waals surface area contributed by atoms with Gasteiger partial charge in [0, 0.05) is 26.1 Å².